The molecule has 0 radical (unpaired) electrons. The average Bonchev–Trinajstić information content (AvgIpc) is 2.03. The highest BCUT2D eigenvalue weighted by atomic mass is 127. The van der Waals surface area contributed by atoms with Crippen LogP contribution in [0.2, 0.25) is 0 Å². The second-order valence-electron chi connectivity index (χ2n) is 1.81. The van der Waals surface area contributed by atoms with Gasteiger partial charge in [-0.3, -0.25) is 0 Å². The Labute approximate surface area is 77.0 Å². The maximum atomic E-state index is 5.12. The number of hydrogen-bond acceptors (Lipinski definition) is 2. The van der Waals surface area contributed by atoms with Crippen molar-refractivity contribution < 1.29 is 4.18 Å². The van der Waals surface area contributed by atoms with E-state index in [1.165, 1.54) is 14.8 Å². The molecule has 0 unspecified atom stereocenters. The van der Waals surface area contributed by atoms with E-state index in [1.807, 2.05) is 30.3 Å². The van der Waals surface area contributed by atoms with Crippen molar-refractivity contribution >= 4 is 30.4 Å². The van der Waals surface area contributed by atoms with E-state index < -0.39 is 0 Å². The van der Waals surface area contributed by atoms with E-state index in [0.717, 1.165) is 0 Å². The molecule has 0 aliphatic carbocycles. The van der Waals surface area contributed by atoms with Crippen molar-refractivity contribution in [2.45, 2.75) is 6.61 Å². The number of rotatable bonds is 3. The molecule has 0 aromatic heterocycles. The molecule has 0 aliphatic heterocycles. The zero-order valence-electron chi connectivity index (χ0n) is 5.29. The lowest BCUT2D eigenvalue weighted by Crippen LogP contribution is -1.81. The van der Waals surface area contributed by atoms with Gasteiger partial charge in [0.1, 0.15) is 0 Å². The summed E-state index contributed by atoms with van der Waals surface area (Å²) in [6.45, 7) is 0.689. The number of hydrogen-bond donors (Lipinski definition) is 0. The summed E-state index contributed by atoms with van der Waals surface area (Å²) in [5.74, 6) is 0. The van der Waals surface area contributed by atoms with Crippen LogP contribution in [0, 0.1) is 0 Å². The van der Waals surface area contributed by atoms with E-state index in [2.05, 4.69) is 21.2 Å². The van der Waals surface area contributed by atoms with Crippen molar-refractivity contribution in [3.63, 3.8) is 0 Å². The van der Waals surface area contributed by atoms with Crippen LogP contribution in [0.15, 0.2) is 30.3 Å². The molecule has 0 bridgehead atoms. The summed E-state index contributed by atoms with van der Waals surface area (Å²) in [7, 11) is 1.37. The molecule has 1 aromatic rings. The molecule has 0 fully saturated rings. The Morgan fingerprint density at radius 2 is 2.00 bits per heavy atom. The Morgan fingerprint density at radius 3 is 2.60 bits per heavy atom. The van der Waals surface area contributed by atoms with Gasteiger partial charge in [0.25, 0.3) is 0 Å². The predicted octanol–water partition coefficient (Wildman–Crippen LogP) is 3.20. The van der Waals surface area contributed by atoms with E-state index in [1.54, 1.807) is 0 Å². The summed E-state index contributed by atoms with van der Waals surface area (Å²) in [6, 6.07) is 10.1. The molecular formula is C7H7IOS. The third-order valence-corrected chi connectivity index (χ3v) is 2.08. The molecule has 0 spiro atoms. The van der Waals surface area contributed by atoms with Crippen molar-refractivity contribution in [2.24, 2.45) is 0 Å². The summed E-state index contributed by atoms with van der Waals surface area (Å²) in [5, 5.41) is 0. The van der Waals surface area contributed by atoms with Crippen molar-refractivity contribution in [1.29, 1.82) is 0 Å². The van der Waals surface area contributed by atoms with Crippen LogP contribution < -0.4 is 0 Å². The first-order valence-electron chi connectivity index (χ1n) is 2.87. The van der Waals surface area contributed by atoms with Gasteiger partial charge >= 0.3 is 0 Å². The monoisotopic (exact) mass is 266 g/mol. The molecule has 0 N–H and O–H groups in total. The standard InChI is InChI=1S/C7H7IOS/c8-10-9-6-7-4-2-1-3-5-7/h1-5H,6H2. The fourth-order valence-corrected chi connectivity index (χ4v) is 1.23. The first-order valence-corrected chi connectivity index (χ1v) is 6.16. The third kappa shape index (κ3) is 2.90. The predicted molar refractivity (Wildman–Crippen MR) is 52.8 cm³/mol. The van der Waals surface area contributed by atoms with Gasteiger partial charge in [-0.15, -0.1) is 0 Å². The second-order valence-corrected chi connectivity index (χ2v) is 3.25. The zero-order chi connectivity index (χ0) is 7.23. The molecule has 3 heteroatoms. The molecule has 10 heavy (non-hydrogen) atoms. The van der Waals surface area contributed by atoms with Crippen LogP contribution in [-0.2, 0) is 10.8 Å². The van der Waals surface area contributed by atoms with Gasteiger partial charge in [0.2, 0.25) is 0 Å². The first kappa shape index (κ1) is 8.36. The summed E-state index contributed by atoms with van der Waals surface area (Å²) in [6.07, 6.45) is 0. The molecule has 0 atom stereocenters. The lowest BCUT2D eigenvalue weighted by atomic mass is 10.2. The fourth-order valence-electron chi connectivity index (χ4n) is 0.665. The van der Waals surface area contributed by atoms with Gasteiger partial charge in [0.05, 0.1) is 15.8 Å². The first-order chi connectivity index (χ1) is 4.93. The number of halogens is 1. The highest BCUT2D eigenvalue weighted by molar-refractivity contribution is 14.2. The molecule has 1 nitrogen and oxygen atoms in total. The molecular weight excluding hydrogens is 259 g/mol. The maximum Gasteiger partial charge on any atom is 0.0874 e. The minimum absolute atomic E-state index is 0.689. The van der Waals surface area contributed by atoms with E-state index in [0.29, 0.717) is 6.61 Å². The lowest BCUT2D eigenvalue weighted by molar-refractivity contribution is 0.371. The van der Waals surface area contributed by atoms with Gasteiger partial charge < -0.3 is 4.18 Å². The van der Waals surface area contributed by atoms with Crippen molar-refractivity contribution in [1.82, 2.24) is 0 Å². The highest BCUT2D eigenvalue weighted by Crippen LogP contribution is 2.15. The Bertz CT molecular complexity index is 178. The molecule has 1 rings (SSSR count). The van der Waals surface area contributed by atoms with Gasteiger partial charge in [-0.1, -0.05) is 30.3 Å². The normalized spacial score (nSPS) is 9.70. The van der Waals surface area contributed by atoms with Gasteiger partial charge in [-0.05, 0) is 5.56 Å². The van der Waals surface area contributed by atoms with Gasteiger partial charge in [-0.25, -0.2) is 0 Å². The van der Waals surface area contributed by atoms with Gasteiger partial charge in [-0.2, -0.15) is 0 Å². The zero-order valence-corrected chi connectivity index (χ0v) is 8.26. The molecule has 0 heterocycles. The summed E-state index contributed by atoms with van der Waals surface area (Å²) < 4.78 is 5.12. The van der Waals surface area contributed by atoms with Crippen LogP contribution in [-0.4, -0.2) is 0 Å². The van der Waals surface area contributed by atoms with Crippen LogP contribution in [0.3, 0.4) is 0 Å². The molecule has 1 aromatic carbocycles. The third-order valence-electron chi connectivity index (χ3n) is 1.11. The topological polar surface area (TPSA) is 9.23 Å². The van der Waals surface area contributed by atoms with Crippen LogP contribution in [0.4, 0.5) is 0 Å². The molecule has 0 aliphatic rings. The Balaban J connectivity index is 2.43. The average molecular weight is 266 g/mol. The van der Waals surface area contributed by atoms with Crippen LogP contribution in [0.5, 0.6) is 0 Å². The van der Waals surface area contributed by atoms with E-state index in [-0.39, 0.29) is 0 Å². The molecule has 0 saturated heterocycles. The Kier molecular flexibility index (Phi) is 4.16. The van der Waals surface area contributed by atoms with Crippen molar-refractivity contribution in [3.8, 4) is 0 Å². The summed E-state index contributed by atoms with van der Waals surface area (Å²) in [4.78, 5) is 0. The highest BCUT2D eigenvalue weighted by Gasteiger charge is 1.88. The quantitative estimate of drug-likeness (QED) is 0.613. The molecule has 0 saturated carbocycles. The van der Waals surface area contributed by atoms with Gasteiger partial charge in [0, 0.05) is 21.2 Å². The van der Waals surface area contributed by atoms with E-state index in [9.17, 15) is 0 Å². The maximum absolute atomic E-state index is 5.12. The largest absolute Gasteiger partial charge is 0.301 e. The Hall–Kier alpha value is 0.260. The molecule has 54 valence electrons. The van der Waals surface area contributed by atoms with E-state index in [4.69, 9.17) is 4.18 Å². The van der Waals surface area contributed by atoms with Crippen LogP contribution >= 0.6 is 30.4 Å². The fraction of sp³-hybridized carbons (Fsp3) is 0.143. The smallest absolute Gasteiger partial charge is 0.0874 e. The SMILES string of the molecule is ISOCc1ccccc1. The Morgan fingerprint density at radius 1 is 1.30 bits per heavy atom. The summed E-state index contributed by atoms with van der Waals surface area (Å²) in [5.41, 5.74) is 1.21. The van der Waals surface area contributed by atoms with E-state index >= 15 is 0 Å². The van der Waals surface area contributed by atoms with Crippen LogP contribution in [0.1, 0.15) is 5.56 Å². The minimum atomic E-state index is 0.689. The van der Waals surface area contributed by atoms with Gasteiger partial charge in [0.15, 0.2) is 0 Å². The summed E-state index contributed by atoms with van der Waals surface area (Å²) >= 11 is 2.11. The molecule has 0 amide bonds. The second kappa shape index (κ2) is 4.98. The lowest BCUT2D eigenvalue weighted by Gasteiger charge is -1.96. The number of benzene rings is 1. The van der Waals surface area contributed by atoms with Crippen molar-refractivity contribution in [2.75, 3.05) is 0 Å². The van der Waals surface area contributed by atoms with Crippen molar-refractivity contribution in [3.05, 3.63) is 35.9 Å². The van der Waals surface area contributed by atoms with Crippen LogP contribution in [0.25, 0.3) is 0 Å². The minimum Gasteiger partial charge on any atom is -0.301 e.